The van der Waals surface area contributed by atoms with E-state index >= 15 is 0 Å². The predicted octanol–water partition coefficient (Wildman–Crippen LogP) is 1.26. The van der Waals surface area contributed by atoms with Crippen molar-refractivity contribution in [3.8, 4) is 17.1 Å². The van der Waals surface area contributed by atoms with Crippen LogP contribution in [0.1, 0.15) is 12.8 Å². The molecule has 0 amide bonds. The predicted molar refractivity (Wildman–Crippen MR) is 84.0 cm³/mol. The highest BCUT2D eigenvalue weighted by Crippen LogP contribution is 2.27. The monoisotopic (exact) mass is 305 g/mol. The highest BCUT2D eigenvalue weighted by Gasteiger charge is 2.19. The van der Waals surface area contributed by atoms with Crippen LogP contribution in [0.3, 0.4) is 0 Å². The van der Waals surface area contributed by atoms with Gasteiger partial charge in [0.2, 0.25) is 4.77 Å². The van der Waals surface area contributed by atoms with E-state index < -0.39 is 0 Å². The average molecular weight is 305 g/mol. The zero-order valence-corrected chi connectivity index (χ0v) is 13.3. The number of nitrogens with zero attached hydrogens (tertiary/aromatic N) is 3. The van der Waals surface area contributed by atoms with Crippen molar-refractivity contribution in [1.82, 2.24) is 14.3 Å². The van der Waals surface area contributed by atoms with Crippen LogP contribution in [-0.2, 0) is 13.7 Å². The summed E-state index contributed by atoms with van der Waals surface area (Å²) < 4.78 is 10.1. The first kappa shape index (κ1) is 14.3. The molecule has 2 heterocycles. The molecule has 1 N–H and O–H groups in total. The molecule has 1 saturated heterocycles. The fourth-order valence-electron chi connectivity index (χ4n) is 2.90. The van der Waals surface area contributed by atoms with Gasteiger partial charge in [-0.1, -0.05) is 12.1 Å². The van der Waals surface area contributed by atoms with Gasteiger partial charge in [0.1, 0.15) is 5.75 Å². The molecule has 0 aliphatic carbocycles. The summed E-state index contributed by atoms with van der Waals surface area (Å²) in [7, 11) is 3.64. The van der Waals surface area contributed by atoms with Crippen LogP contribution in [0.5, 0.6) is 5.75 Å². The Morgan fingerprint density at radius 3 is 2.71 bits per heavy atom. The highest BCUT2D eigenvalue weighted by atomic mass is 32.1. The van der Waals surface area contributed by atoms with Crippen molar-refractivity contribution in [3.05, 3.63) is 29.0 Å². The van der Waals surface area contributed by atoms with Crippen molar-refractivity contribution < 1.29 is 9.64 Å². The molecular weight excluding hydrogens is 284 g/mol. The maximum atomic E-state index is 5.54. The number of hydrogen-bond acceptors (Lipinski definition) is 3. The standard InChI is InChI=1S/C15H20N4OS/c1-17-14(12-7-3-4-8-13(12)20-2)16-19(15(17)21)11-18-9-5-6-10-18/h3-4,7-8H,5-6,9-11H2,1-2H3/p+1. The molecule has 0 spiro atoms. The summed E-state index contributed by atoms with van der Waals surface area (Å²) in [6.45, 7) is 3.27. The second-order valence-electron chi connectivity index (χ2n) is 5.48. The largest absolute Gasteiger partial charge is 0.496 e. The molecule has 6 heteroatoms. The summed E-state index contributed by atoms with van der Waals surface area (Å²) in [4.78, 5) is 1.55. The Labute approximate surface area is 129 Å². The van der Waals surface area contributed by atoms with E-state index in [9.17, 15) is 0 Å². The number of methoxy groups -OCH3 is 1. The molecule has 0 atom stereocenters. The van der Waals surface area contributed by atoms with Gasteiger partial charge in [-0.05, 0) is 24.4 Å². The van der Waals surface area contributed by atoms with Crippen molar-refractivity contribution in [3.63, 3.8) is 0 Å². The summed E-state index contributed by atoms with van der Waals surface area (Å²) in [5.74, 6) is 1.68. The minimum Gasteiger partial charge on any atom is -0.496 e. The zero-order chi connectivity index (χ0) is 14.8. The molecule has 0 unspecified atom stereocenters. The van der Waals surface area contributed by atoms with Gasteiger partial charge in [0.05, 0.1) is 25.8 Å². The second kappa shape index (κ2) is 5.99. The fourth-order valence-corrected chi connectivity index (χ4v) is 3.09. The third-order valence-electron chi connectivity index (χ3n) is 4.07. The van der Waals surface area contributed by atoms with Crippen LogP contribution in [0.4, 0.5) is 0 Å². The van der Waals surface area contributed by atoms with E-state index in [1.165, 1.54) is 25.9 Å². The molecule has 1 aliphatic rings. The lowest BCUT2D eigenvalue weighted by Crippen LogP contribution is -3.09. The minimum absolute atomic E-state index is 0.760. The number of para-hydroxylation sites is 1. The summed E-state index contributed by atoms with van der Waals surface area (Å²) >= 11 is 5.54. The smallest absolute Gasteiger partial charge is 0.202 e. The van der Waals surface area contributed by atoms with Crippen LogP contribution in [-0.4, -0.2) is 34.5 Å². The molecule has 21 heavy (non-hydrogen) atoms. The Bertz CT molecular complexity index is 685. The normalized spacial score (nSPS) is 15.5. The van der Waals surface area contributed by atoms with E-state index in [0.717, 1.165) is 28.6 Å². The first-order chi connectivity index (χ1) is 10.2. The number of nitrogens with one attached hydrogen (secondary N) is 1. The van der Waals surface area contributed by atoms with Gasteiger partial charge in [0.15, 0.2) is 12.5 Å². The third-order valence-corrected chi connectivity index (χ3v) is 4.56. The van der Waals surface area contributed by atoms with Gasteiger partial charge in [0.25, 0.3) is 0 Å². The molecule has 0 saturated carbocycles. The van der Waals surface area contributed by atoms with E-state index in [1.807, 2.05) is 40.6 Å². The Balaban J connectivity index is 1.98. The molecule has 1 aromatic carbocycles. The zero-order valence-electron chi connectivity index (χ0n) is 12.5. The van der Waals surface area contributed by atoms with E-state index in [2.05, 4.69) is 0 Å². The van der Waals surface area contributed by atoms with Crippen molar-refractivity contribution in [2.24, 2.45) is 7.05 Å². The van der Waals surface area contributed by atoms with Gasteiger partial charge in [-0.15, -0.1) is 5.10 Å². The molecule has 3 rings (SSSR count). The molecule has 0 radical (unpaired) electrons. The summed E-state index contributed by atoms with van der Waals surface area (Å²) in [6, 6.07) is 7.92. The molecular formula is C15H21N4OS+. The van der Waals surface area contributed by atoms with Crippen molar-refractivity contribution in [1.29, 1.82) is 0 Å². The van der Waals surface area contributed by atoms with Crippen molar-refractivity contribution in [2.45, 2.75) is 19.5 Å². The number of likely N-dealkylation sites (tertiary alicyclic amines) is 1. The molecule has 1 fully saturated rings. The number of hydrogen-bond donors (Lipinski definition) is 1. The summed E-state index contributed by atoms with van der Waals surface area (Å²) in [5.41, 5.74) is 0.976. The lowest BCUT2D eigenvalue weighted by atomic mass is 10.2. The van der Waals surface area contributed by atoms with Gasteiger partial charge in [-0.3, -0.25) is 0 Å². The summed E-state index contributed by atoms with van der Waals surface area (Å²) in [6.07, 6.45) is 2.60. The number of quaternary nitrogens is 1. The highest BCUT2D eigenvalue weighted by molar-refractivity contribution is 7.71. The summed E-state index contributed by atoms with van der Waals surface area (Å²) in [5, 5.41) is 4.73. The molecule has 2 aromatic rings. The Morgan fingerprint density at radius 1 is 1.29 bits per heavy atom. The fraction of sp³-hybridized carbons (Fsp3) is 0.467. The van der Waals surface area contributed by atoms with Crippen molar-refractivity contribution in [2.75, 3.05) is 20.2 Å². The first-order valence-corrected chi connectivity index (χ1v) is 7.72. The van der Waals surface area contributed by atoms with E-state index in [0.29, 0.717) is 0 Å². The molecule has 0 bridgehead atoms. The molecule has 112 valence electrons. The quantitative estimate of drug-likeness (QED) is 0.864. The topological polar surface area (TPSA) is 36.4 Å². The van der Waals surface area contributed by atoms with E-state index in [4.69, 9.17) is 22.1 Å². The Hall–Kier alpha value is -1.66. The van der Waals surface area contributed by atoms with Crippen LogP contribution in [0.2, 0.25) is 0 Å². The van der Waals surface area contributed by atoms with Crippen LogP contribution in [0, 0.1) is 4.77 Å². The maximum absolute atomic E-state index is 5.54. The average Bonchev–Trinajstić information content (AvgIpc) is 3.11. The number of aromatic nitrogens is 3. The SMILES string of the molecule is COc1ccccc1-c1nn(C[NH+]2CCCC2)c(=S)n1C. The van der Waals surface area contributed by atoms with Crippen molar-refractivity contribution >= 4 is 12.2 Å². The van der Waals surface area contributed by atoms with Crippen LogP contribution in [0.15, 0.2) is 24.3 Å². The van der Waals surface area contributed by atoms with Gasteiger partial charge >= 0.3 is 0 Å². The minimum atomic E-state index is 0.760. The third kappa shape index (κ3) is 2.73. The molecule has 5 nitrogen and oxygen atoms in total. The van der Waals surface area contributed by atoms with Gasteiger partial charge in [-0.25, -0.2) is 0 Å². The maximum Gasteiger partial charge on any atom is 0.202 e. The first-order valence-electron chi connectivity index (χ1n) is 7.31. The lowest BCUT2D eigenvalue weighted by molar-refractivity contribution is -0.911. The Morgan fingerprint density at radius 2 is 2.00 bits per heavy atom. The number of rotatable bonds is 4. The van der Waals surface area contributed by atoms with Crippen LogP contribution in [0.25, 0.3) is 11.4 Å². The lowest BCUT2D eigenvalue weighted by Gasteiger charge is -2.10. The Kier molecular flexibility index (Phi) is 4.07. The number of ether oxygens (including phenoxy) is 1. The molecule has 1 aliphatic heterocycles. The molecule has 1 aromatic heterocycles. The van der Waals surface area contributed by atoms with Crippen LogP contribution >= 0.6 is 12.2 Å². The van der Waals surface area contributed by atoms with Gasteiger partial charge in [-0.2, -0.15) is 4.68 Å². The van der Waals surface area contributed by atoms with Gasteiger partial charge in [0, 0.05) is 19.9 Å². The second-order valence-corrected chi connectivity index (χ2v) is 5.85. The van der Waals surface area contributed by atoms with Gasteiger partial charge < -0.3 is 14.2 Å². The van der Waals surface area contributed by atoms with Crippen LogP contribution < -0.4 is 9.64 Å². The van der Waals surface area contributed by atoms with E-state index in [1.54, 1.807) is 12.0 Å². The number of benzene rings is 1. The van der Waals surface area contributed by atoms with E-state index in [-0.39, 0.29) is 0 Å².